The van der Waals surface area contributed by atoms with Gasteiger partial charge in [0.15, 0.2) is 0 Å². The molecule has 94 valence electrons. The van der Waals surface area contributed by atoms with Crippen molar-refractivity contribution < 1.29 is 0 Å². The molecular weight excluding hydrogens is 242 g/mol. The number of aromatic nitrogens is 1. The Morgan fingerprint density at radius 1 is 0.550 bits per heavy atom. The second-order valence-electron chi connectivity index (χ2n) is 4.95. The highest BCUT2D eigenvalue weighted by Crippen LogP contribution is 2.24. The molecule has 1 heteroatoms. The van der Waals surface area contributed by atoms with Crippen LogP contribution in [0.1, 0.15) is 0 Å². The SMILES string of the molecule is c1ccc2cc(-c3ccc4ccccc4n3)ccc2c1. The molecule has 0 aliphatic carbocycles. The minimum absolute atomic E-state index is 1.02. The predicted molar refractivity (Wildman–Crippen MR) is 84.7 cm³/mol. The first-order valence-corrected chi connectivity index (χ1v) is 6.75. The van der Waals surface area contributed by atoms with Crippen molar-refractivity contribution in [3.8, 4) is 11.3 Å². The number of pyridine rings is 1. The van der Waals surface area contributed by atoms with E-state index in [4.69, 9.17) is 4.98 Å². The van der Waals surface area contributed by atoms with E-state index in [-0.39, 0.29) is 0 Å². The van der Waals surface area contributed by atoms with E-state index in [2.05, 4.69) is 66.7 Å². The lowest BCUT2D eigenvalue weighted by Gasteiger charge is -2.05. The summed E-state index contributed by atoms with van der Waals surface area (Å²) in [7, 11) is 0. The van der Waals surface area contributed by atoms with Crippen LogP contribution in [0.3, 0.4) is 0 Å². The quantitative estimate of drug-likeness (QED) is 0.463. The minimum atomic E-state index is 1.02. The number of nitrogens with zero attached hydrogens (tertiary/aromatic N) is 1. The van der Waals surface area contributed by atoms with E-state index >= 15 is 0 Å². The standard InChI is InChI=1S/C19H13N/c1-2-7-16-13-17(10-9-14(16)5-1)19-12-11-15-6-3-4-8-18(15)20-19/h1-13H. The molecule has 0 aliphatic heterocycles. The van der Waals surface area contributed by atoms with Gasteiger partial charge in [-0.1, -0.05) is 60.7 Å². The van der Waals surface area contributed by atoms with E-state index in [9.17, 15) is 0 Å². The Morgan fingerprint density at radius 2 is 1.25 bits per heavy atom. The summed E-state index contributed by atoms with van der Waals surface area (Å²) in [6.45, 7) is 0. The third kappa shape index (κ3) is 1.84. The zero-order valence-electron chi connectivity index (χ0n) is 11.0. The molecular formula is C19H13N. The van der Waals surface area contributed by atoms with Gasteiger partial charge in [-0.25, -0.2) is 4.98 Å². The lowest BCUT2D eigenvalue weighted by atomic mass is 10.0. The van der Waals surface area contributed by atoms with Crippen LogP contribution >= 0.6 is 0 Å². The van der Waals surface area contributed by atoms with Crippen LogP contribution in [0.5, 0.6) is 0 Å². The highest BCUT2D eigenvalue weighted by Gasteiger charge is 2.02. The molecule has 0 spiro atoms. The molecule has 0 fully saturated rings. The van der Waals surface area contributed by atoms with E-state index < -0.39 is 0 Å². The highest BCUT2D eigenvalue weighted by molar-refractivity contribution is 5.88. The smallest absolute Gasteiger partial charge is 0.0709 e. The first kappa shape index (κ1) is 11.2. The van der Waals surface area contributed by atoms with Crippen LogP contribution in [0.4, 0.5) is 0 Å². The molecule has 0 radical (unpaired) electrons. The Balaban J connectivity index is 1.91. The summed E-state index contributed by atoms with van der Waals surface area (Å²) in [4.78, 5) is 4.75. The fraction of sp³-hybridized carbons (Fsp3) is 0. The van der Waals surface area contributed by atoms with Crippen molar-refractivity contribution in [3.63, 3.8) is 0 Å². The van der Waals surface area contributed by atoms with Gasteiger partial charge in [0, 0.05) is 10.9 Å². The van der Waals surface area contributed by atoms with Gasteiger partial charge in [0.2, 0.25) is 0 Å². The van der Waals surface area contributed by atoms with E-state index in [1.54, 1.807) is 0 Å². The zero-order chi connectivity index (χ0) is 13.4. The predicted octanol–water partition coefficient (Wildman–Crippen LogP) is 5.06. The Morgan fingerprint density at radius 3 is 2.15 bits per heavy atom. The molecule has 1 aromatic heterocycles. The summed E-state index contributed by atoms with van der Waals surface area (Å²) in [5.41, 5.74) is 3.22. The lowest BCUT2D eigenvalue weighted by Crippen LogP contribution is -1.85. The van der Waals surface area contributed by atoms with Crippen molar-refractivity contribution in [2.75, 3.05) is 0 Å². The number of hydrogen-bond donors (Lipinski definition) is 0. The molecule has 20 heavy (non-hydrogen) atoms. The maximum atomic E-state index is 4.75. The van der Waals surface area contributed by atoms with Crippen LogP contribution in [-0.4, -0.2) is 4.98 Å². The number of hydrogen-bond acceptors (Lipinski definition) is 1. The van der Waals surface area contributed by atoms with Crippen molar-refractivity contribution in [1.82, 2.24) is 4.98 Å². The molecule has 0 N–H and O–H groups in total. The second kappa shape index (κ2) is 4.46. The van der Waals surface area contributed by atoms with Crippen LogP contribution < -0.4 is 0 Å². The minimum Gasteiger partial charge on any atom is -0.248 e. The van der Waals surface area contributed by atoms with Crippen molar-refractivity contribution in [2.45, 2.75) is 0 Å². The Hall–Kier alpha value is -2.67. The van der Waals surface area contributed by atoms with Crippen molar-refractivity contribution in [2.24, 2.45) is 0 Å². The van der Waals surface area contributed by atoms with Crippen LogP contribution in [-0.2, 0) is 0 Å². The summed E-state index contributed by atoms with van der Waals surface area (Å²) in [5.74, 6) is 0. The van der Waals surface area contributed by atoms with Gasteiger partial charge >= 0.3 is 0 Å². The summed E-state index contributed by atoms with van der Waals surface area (Å²) in [5, 5.41) is 3.69. The normalized spacial score (nSPS) is 11.0. The highest BCUT2D eigenvalue weighted by atomic mass is 14.7. The maximum Gasteiger partial charge on any atom is 0.0709 e. The van der Waals surface area contributed by atoms with Crippen molar-refractivity contribution in [3.05, 3.63) is 78.9 Å². The summed E-state index contributed by atoms with van der Waals surface area (Å²) < 4.78 is 0. The lowest BCUT2D eigenvalue weighted by molar-refractivity contribution is 1.40. The largest absolute Gasteiger partial charge is 0.248 e. The van der Waals surface area contributed by atoms with Gasteiger partial charge in [0.1, 0.15) is 0 Å². The molecule has 3 aromatic carbocycles. The fourth-order valence-electron chi connectivity index (χ4n) is 2.58. The molecule has 1 heterocycles. The molecule has 0 unspecified atom stereocenters. The van der Waals surface area contributed by atoms with E-state index in [0.29, 0.717) is 0 Å². The van der Waals surface area contributed by atoms with Crippen molar-refractivity contribution in [1.29, 1.82) is 0 Å². The molecule has 4 rings (SSSR count). The van der Waals surface area contributed by atoms with Gasteiger partial charge in [-0.15, -0.1) is 0 Å². The molecule has 0 saturated heterocycles. The monoisotopic (exact) mass is 255 g/mol. The second-order valence-corrected chi connectivity index (χ2v) is 4.95. The number of benzene rings is 3. The van der Waals surface area contributed by atoms with Gasteiger partial charge < -0.3 is 0 Å². The van der Waals surface area contributed by atoms with Crippen LogP contribution in [0, 0.1) is 0 Å². The van der Waals surface area contributed by atoms with Gasteiger partial charge in [0.05, 0.1) is 11.2 Å². The van der Waals surface area contributed by atoms with Gasteiger partial charge in [-0.3, -0.25) is 0 Å². The summed E-state index contributed by atoms with van der Waals surface area (Å²) >= 11 is 0. The molecule has 1 nitrogen and oxygen atoms in total. The first-order chi connectivity index (χ1) is 9.90. The molecule has 0 amide bonds. The number of para-hydroxylation sites is 1. The Bertz CT molecular complexity index is 832. The molecule has 4 aromatic rings. The van der Waals surface area contributed by atoms with Gasteiger partial charge in [-0.2, -0.15) is 0 Å². The van der Waals surface area contributed by atoms with E-state index in [1.807, 2.05) is 12.1 Å². The maximum absolute atomic E-state index is 4.75. The van der Waals surface area contributed by atoms with Gasteiger partial charge in [0.25, 0.3) is 0 Å². The summed E-state index contributed by atoms with van der Waals surface area (Å²) in [6.07, 6.45) is 0. The Kier molecular flexibility index (Phi) is 2.49. The zero-order valence-corrected chi connectivity index (χ0v) is 11.0. The fourth-order valence-corrected chi connectivity index (χ4v) is 2.58. The molecule has 0 aliphatic rings. The third-order valence-electron chi connectivity index (χ3n) is 3.64. The summed E-state index contributed by atoms with van der Waals surface area (Å²) in [6, 6.07) is 27.3. The van der Waals surface area contributed by atoms with Crippen LogP contribution in [0.15, 0.2) is 78.9 Å². The van der Waals surface area contributed by atoms with E-state index in [1.165, 1.54) is 16.2 Å². The van der Waals surface area contributed by atoms with Crippen LogP contribution in [0.2, 0.25) is 0 Å². The third-order valence-corrected chi connectivity index (χ3v) is 3.64. The number of rotatable bonds is 1. The average molecular weight is 255 g/mol. The van der Waals surface area contributed by atoms with Gasteiger partial charge in [-0.05, 0) is 29.0 Å². The topological polar surface area (TPSA) is 12.9 Å². The number of fused-ring (bicyclic) bond motifs is 2. The molecule has 0 atom stereocenters. The first-order valence-electron chi connectivity index (χ1n) is 6.75. The molecule has 0 bridgehead atoms. The Labute approximate surface area is 117 Å². The average Bonchev–Trinajstić information content (AvgIpc) is 2.54. The van der Waals surface area contributed by atoms with Crippen molar-refractivity contribution >= 4 is 21.7 Å². The van der Waals surface area contributed by atoms with Crippen LogP contribution in [0.25, 0.3) is 32.9 Å². The van der Waals surface area contributed by atoms with E-state index in [0.717, 1.165) is 16.8 Å². The molecule has 0 saturated carbocycles.